The van der Waals surface area contributed by atoms with E-state index in [9.17, 15) is 4.79 Å². The van der Waals surface area contributed by atoms with Crippen LogP contribution < -0.4 is 10.6 Å². The smallest absolute Gasteiger partial charge is 0.253 e. The molecule has 20 heavy (non-hydrogen) atoms. The molecule has 5 heteroatoms. The first-order valence-corrected chi connectivity index (χ1v) is 7.36. The Morgan fingerprint density at radius 2 is 2.10 bits per heavy atom. The fourth-order valence-electron chi connectivity index (χ4n) is 2.57. The van der Waals surface area contributed by atoms with Crippen LogP contribution >= 0.6 is 0 Å². The first-order chi connectivity index (χ1) is 9.54. The monoisotopic (exact) mass is 276 g/mol. The Hall–Kier alpha value is -1.49. The zero-order chi connectivity index (χ0) is 14.6. The summed E-state index contributed by atoms with van der Waals surface area (Å²) in [5.41, 5.74) is 2.41. The van der Waals surface area contributed by atoms with Gasteiger partial charge in [-0.3, -0.25) is 4.79 Å². The minimum Gasteiger partial charge on any atom is -0.351 e. The van der Waals surface area contributed by atoms with Crippen molar-refractivity contribution in [1.29, 1.82) is 0 Å². The van der Waals surface area contributed by atoms with Crippen LogP contribution in [0.3, 0.4) is 0 Å². The molecule has 0 unspecified atom stereocenters. The normalized spacial score (nSPS) is 17.8. The lowest BCUT2D eigenvalue weighted by Crippen LogP contribution is -2.43. The lowest BCUT2D eigenvalue weighted by atomic mass is 9.81. The van der Waals surface area contributed by atoms with Gasteiger partial charge in [-0.2, -0.15) is 10.2 Å². The molecule has 0 radical (unpaired) electrons. The molecule has 110 valence electrons. The van der Waals surface area contributed by atoms with E-state index in [1.54, 1.807) is 0 Å². The third-order valence-electron chi connectivity index (χ3n) is 4.06. The van der Waals surface area contributed by atoms with Gasteiger partial charge in [0.2, 0.25) is 0 Å². The van der Waals surface area contributed by atoms with Gasteiger partial charge in [0, 0.05) is 6.54 Å². The number of carbonyl (C=O) groups is 1. The van der Waals surface area contributed by atoms with Crippen LogP contribution in [0.15, 0.2) is 6.07 Å². The zero-order valence-electron chi connectivity index (χ0n) is 12.6. The number of hydrogen-bond donors (Lipinski definition) is 2. The topological polar surface area (TPSA) is 66.9 Å². The second-order valence-corrected chi connectivity index (χ2v) is 5.94. The van der Waals surface area contributed by atoms with Crippen LogP contribution in [-0.2, 0) is 6.42 Å². The van der Waals surface area contributed by atoms with E-state index < -0.39 is 0 Å². The molecule has 5 nitrogen and oxygen atoms in total. The maximum atomic E-state index is 12.4. The van der Waals surface area contributed by atoms with E-state index in [2.05, 4.69) is 27.8 Å². The molecular formula is C15H24N4O. The van der Waals surface area contributed by atoms with Crippen molar-refractivity contribution in [2.24, 2.45) is 5.41 Å². The van der Waals surface area contributed by atoms with Crippen molar-refractivity contribution in [2.75, 3.05) is 19.6 Å². The summed E-state index contributed by atoms with van der Waals surface area (Å²) in [5.74, 6) is -0.0281. The lowest BCUT2D eigenvalue weighted by Gasteiger charge is -2.34. The van der Waals surface area contributed by atoms with Crippen molar-refractivity contribution in [3.05, 3.63) is 23.0 Å². The summed E-state index contributed by atoms with van der Waals surface area (Å²) in [5, 5.41) is 14.6. The molecule has 1 aliphatic heterocycles. The van der Waals surface area contributed by atoms with Crippen LogP contribution in [-0.4, -0.2) is 35.7 Å². The molecule has 0 atom stereocenters. The largest absolute Gasteiger partial charge is 0.351 e. The van der Waals surface area contributed by atoms with Gasteiger partial charge in [-0.15, -0.1) is 0 Å². The number of aryl methyl sites for hydroxylation is 2. The fraction of sp³-hybridized carbons (Fsp3) is 0.667. The Labute approximate surface area is 120 Å². The van der Waals surface area contributed by atoms with Gasteiger partial charge in [-0.25, -0.2) is 0 Å². The maximum absolute atomic E-state index is 12.4. The minimum absolute atomic E-state index is 0.0281. The Morgan fingerprint density at radius 1 is 1.40 bits per heavy atom. The predicted octanol–water partition coefficient (Wildman–Crippen LogP) is 1.47. The Bertz CT molecular complexity index is 481. The van der Waals surface area contributed by atoms with Crippen LogP contribution in [0.4, 0.5) is 0 Å². The summed E-state index contributed by atoms with van der Waals surface area (Å²) in [4.78, 5) is 12.4. The average Bonchev–Trinajstić information content (AvgIpc) is 2.45. The highest BCUT2D eigenvalue weighted by molar-refractivity contribution is 5.95. The molecule has 1 aromatic heterocycles. The number of aromatic nitrogens is 2. The van der Waals surface area contributed by atoms with Gasteiger partial charge >= 0.3 is 0 Å². The number of nitrogens with one attached hydrogen (secondary N) is 2. The van der Waals surface area contributed by atoms with E-state index in [-0.39, 0.29) is 11.3 Å². The zero-order valence-corrected chi connectivity index (χ0v) is 12.6. The van der Waals surface area contributed by atoms with Crippen molar-refractivity contribution in [1.82, 2.24) is 20.8 Å². The molecule has 0 bridgehead atoms. The molecule has 1 fully saturated rings. The number of amides is 1. The van der Waals surface area contributed by atoms with Crippen molar-refractivity contribution >= 4 is 5.91 Å². The van der Waals surface area contributed by atoms with Gasteiger partial charge in [-0.1, -0.05) is 13.8 Å². The Kier molecular flexibility index (Phi) is 4.70. The number of piperidine rings is 1. The van der Waals surface area contributed by atoms with E-state index in [1.807, 2.05) is 19.9 Å². The maximum Gasteiger partial charge on any atom is 0.253 e. The quantitative estimate of drug-likeness (QED) is 0.874. The molecule has 2 rings (SSSR count). The number of carbonyl (C=O) groups excluding carboxylic acids is 1. The Morgan fingerprint density at radius 3 is 2.75 bits per heavy atom. The summed E-state index contributed by atoms with van der Waals surface area (Å²) >= 11 is 0. The van der Waals surface area contributed by atoms with Crippen molar-refractivity contribution in [3.63, 3.8) is 0 Å². The SMILES string of the molecule is CCc1nnc(C)cc1C(=O)NCC1(C)CCNCC1. The van der Waals surface area contributed by atoms with Gasteiger partial charge in [-0.05, 0) is 50.8 Å². The molecule has 1 saturated heterocycles. The summed E-state index contributed by atoms with van der Waals surface area (Å²) < 4.78 is 0. The molecule has 0 spiro atoms. The molecule has 1 aromatic rings. The highest BCUT2D eigenvalue weighted by atomic mass is 16.1. The molecule has 0 aromatic carbocycles. The number of hydrogen-bond acceptors (Lipinski definition) is 4. The first kappa shape index (κ1) is 14.9. The van der Waals surface area contributed by atoms with Gasteiger partial charge in [0.25, 0.3) is 5.91 Å². The average molecular weight is 276 g/mol. The van der Waals surface area contributed by atoms with Crippen molar-refractivity contribution < 1.29 is 4.79 Å². The first-order valence-electron chi connectivity index (χ1n) is 7.36. The molecule has 2 heterocycles. The minimum atomic E-state index is -0.0281. The van der Waals surface area contributed by atoms with Crippen molar-refractivity contribution in [2.45, 2.75) is 40.0 Å². The van der Waals surface area contributed by atoms with Crippen LogP contribution in [0.2, 0.25) is 0 Å². The highest BCUT2D eigenvalue weighted by Gasteiger charge is 2.27. The molecule has 2 N–H and O–H groups in total. The third-order valence-corrected chi connectivity index (χ3v) is 4.06. The van der Waals surface area contributed by atoms with Gasteiger partial charge in [0.05, 0.1) is 17.0 Å². The predicted molar refractivity (Wildman–Crippen MR) is 78.7 cm³/mol. The van der Waals surface area contributed by atoms with E-state index in [1.165, 1.54) is 0 Å². The molecule has 0 saturated carbocycles. The second kappa shape index (κ2) is 6.31. The summed E-state index contributed by atoms with van der Waals surface area (Å²) in [6, 6.07) is 1.83. The fourth-order valence-corrected chi connectivity index (χ4v) is 2.57. The van der Waals surface area contributed by atoms with E-state index in [0.29, 0.717) is 5.56 Å². The van der Waals surface area contributed by atoms with Gasteiger partial charge < -0.3 is 10.6 Å². The third kappa shape index (κ3) is 3.54. The second-order valence-electron chi connectivity index (χ2n) is 5.94. The van der Waals surface area contributed by atoms with Crippen LogP contribution in [0, 0.1) is 12.3 Å². The number of rotatable bonds is 4. The van der Waals surface area contributed by atoms with Gasteiger partial charge in [0.15, 0.2) is 0 Å². The molecule has 1 amide bonds. The van der Waals surface area contributed by atoms with Gasteiger partial charge in [0.1, 0.15) is 0 Å². The van der Waals surface area contributed by atoms with Crippen LogP contribution in [0.25, 0.3) is 0 Å². The molecule has 0 aliphatic carbocycles. The summed E-state index contributed by atoms with van der Waals surface area (Å²) in [6.07, 6.45) is 2.92. The summed E-state index contributed by atoms with van der Waals surface area (Å²) in [6.45, 7) is 8.87. The van der Waals surface area contributed by atoms with E-state index in [0.717, 1.165) is 50.3 Å². The Balaban J connectivity index is 2.03. The number of nitrogens with zero attached hydrogens (tertiary/aromatic N) is 2. The van der Waals surface area contributed by atoms with E-state index in [4.69, 9.17) is 0 Å². The van der Waals surface area contributed by atoms with Crippen molar-refractivity contribution in [3.8, 4) is 0 Å². The molecular weight excluding hydrogens is 252 g/mol. The lowest BCUT2D eigenvalue weighted by molar-refractivity contribution is 0.0920. The molecule has 1 aliphatic rings. The standard InChI is InChI=1S/C15H24N4O/c1-4-13-12(9-11(2)18-19-13)14(20)17-10-15(3)5-7-16-8-6-15/h9,16H,4-8,10H2,1-3H3,(H,17,20). The van der Waals surface area contributed by atoms with E-state index >= 15 is 0 Å². The summed E-state index contributed by atoms with van der Waals surface area (Å²) in [7, 11) is 0. The highest BCUT2D eigenvalue weighted by Crippen LogP contribution is 2.26. The van der Waals surface area contributed by atoms with Crippen LogP contribution in [0.5, 0.6) is 0 Å². The van der Waals surface area contributed by atoms with Crippen LogP contribution in [0.1, 0.15) is 48.4 Å².